The number of anilines is 3. The lowest BCUT2D eigenvalue weighted by molar-refractivity contribution is 0.621. The molecule has 0 radical (unpaired) electrons. The molecule has 0 fully saturated rings. The molecule has 0 saturated carbocycles. The highest BCUT2D eigenvalue weighted by molar-refractivity contribution is 6.19. The maximum Gasteiger partial charge on any atom is 0.227 e. The van der Waals surface area contributed by atoms with Gasteiger partial charge in [-0.15, -0.1) is 0 Å². The fraction of sp³-hybridized carbons (Fsp3) is 0. The van der Waals surface area contributed by atoms with Crippen molar-refractivity contribution in [3.63, 3.8) is 0 Å². The van der Waals surface area contributed by atoms with E-state index in [-0.39, 0.29) is 0 Å². The van der Waals surface area contributed by atoms with Gasteiger partial charge in [0, 0.05) is 50.0 Å². The van der Waals surface area contributed by atoms with Gasteiger partial charge in [0.25, 0.3) is 0 Å². The molecule has 286 valence electrons. The van der Waals surface area contributed by atoms with Gasteiger partial charge in [0.2, 0.25) is 5.89 Å². The van der Waals surface area contributed by atoms with E-state index in [4.69, 9.17) is 9.40 Å². The summed E-state index contributed by atoms with van der Waals surface area (Å²) in [6, 6.07) is 79.9. The Bertz CT molecular complexity index is 3570. The largest absolute Gasteiger partial charge is 0.435 e. The molecule has 4 heteroatoms. The van der Waals surface area contributed by atoms with Crippen molar-refractivity contribution < 1.29 is 4.42 Å². The molecular formula is C57H37N3O. The summed E-state index contributed by atoms with van der Waals surface area (Å²) in [5, 5.41) is 7.03. The van der Waals surface area contributed by atoms with Gasteiger partial charge < -0.3 is 13.9 Å². The summed E-state index contributed by atoms with van der Waals surface area (Å²) >= 11 is 0. The highest BCUT2D eigenvalue weighted by Crippen LogP contribution is 2.43. The molecule has 4 nitrogen and oxygen atoms in total. The van der Waals surface area contributed by atoms with E-state index in [0.717, 1.165) is 66.9 Å². The number of hydrogen-bond donors (Lipinski definition) is 0. The number of oxazole rings is 1. The minimum Gasteiger partial charge on any atom is -0.435 e. The van der Waals surface area contributed by atoms with Crippen LogP contribution < -0.4 is 4.90 Å². The predicted octanol–water partition coefficient (Wildman–Crippen LogP) is 15.7. The van der Waals surface area contributed by atoms with Crippen molar-refractivity contribution in [2.45, 2.75) is 0 Å². The normalized spacial score (nSPS) is 11.6. The summed E-state index contributed by atoms with van der Waals surface area (Å²) in [7, 11) is 0. The second-order valence-electron chi connectivity index (χ2n) is 15.6. The summed E-state index contributed by atoms with van der Waals surface area (Å²) in [6.07, 6.45) is 0. The lowest BCUT2D eigenvalue weighted by Gasteiger charge is -2.26. The second kappa shape index (κ2) is 14.3. The number of rotatable bonds is 7. The zero-order chi connectivity index (χ0) is 40.3. The van der Waals surface area contributed by atoms with E-state index in [0.29, 0.717) is 5.89 Å². The van der Waals surface area contributed by atoms with E-state index >= 15 is 0 Å². The molecule has 0 bridgehead atoms. The van der Waals surface area contributed by atoms with Crippen LogP contribution in [0.25, 0.3) is 93.8 Å². The summed E-state index contributed by atoms with van der Waals surface area (Å²) in [5.41, 5.74) is 13.7. The van der Waals surface area contributed by atoms with Crippen molar-refractivity contribution in [1.82, 2.24) is 9.55 Å². The van der Waals surface area contributed by atoms with Crippen molar-refractivity contribution in [2.24, 2.45) is 0 Å². The molecule has 0 N–H and O–H groups in total. The fourth-order valence-corrected chi connectivity index (χ4v) is 9.12. The lowest BCUT2D eigenvalue weighted by atomic mass is 9.95. The maximum atomic E-state index is 6.72. The second-order valence-corrected chi connectivity index (χ2v) is 15.6. The zero-order valence-electron chi connectivity index (χ0n) is 33.1. The molecule has 12 rings (SSSR count). The number of aromatic nitrogens is 2. The molecule has 0 atom stereocenters. The summed E-state index contributed by atoms with van der Waals surface area (Å²) < 4.78 is 9.08. The Morgan fingerprint density at radius 1 is 0.377 bits per heavy atom. The van der Waals surface area contributed by atoms with Crippen LogP contribution in [0.5, 0.6) is 0 Å². The van der Waals surface area contributed by atoms with E-state index in [1.165, 1.54) is 38.1 Å². The molecule has 2 heterocycles. The van der Waals surface area contributed by atoms with Crippen LogP contribution >= 0.6 is 0 Å². The van der Waals surface area contributed by atoms with Gasteiger partial charge in [-0.05, 0) is 112 Å². The van der Waals surface area contributed by atoms with Crippen LogP contribution in [0.15, 0.2) is 229 Å². The fourth-order valence-electron chi connectivity index (χ4n) is 9.12. The minimum absolute atomic E-state index is 0.614. The molecule has 0 aliphatic rings. The molecule has 0 aliphatic heterocycles. The van der Waals surface area contributed by atoms with Crippen LogP contribution in [-0.2, 0) is 0 Å². The van der Waals surface area contributed by atoms with Gasteiger partial charge >= 0.3 is 0 Å². The molecule has 0 saturated heterocycles. The molecular weight excluding hydrogens is 743 g/mol. The van der Waals surface area contributed by atoms with E-state index in [9.17, 15) is 0 Å². The molecule has 12 aromatic rings. The van der Waals surface area contributed by atoms with Gasteiger partial charge in [-0.2, -0.15) is 0 Å². The van der Waals surface area contributed by atoms with E-state index in [1.54, 1.807) is 0 Å². The zero-order valence-corrected chi connectivity index (χ0v) is 33.1. The van der Waals surface area contributed by atoms with Crippen LogP contribution in [0.2, 0.25) is 0 Å². The van der Waals surface area contributed by atoms with Crippen LogP contribution in [0, 0.1) is 0 Å². The van der Waals surface area contributed by atoms with Crippen molar-refractivity contribution in [3.05, 3.63) is 224 Å². The first-order chi connectivity index (χ1) is 30.2. The number of para-hydroxylation sites is 2. The Morgan fingerprint density at radius 3 is 1.82 bits per heavy atom. The van der Waals surface area contributed by atoms with Crippen LogP contribution in [0.4, 0.5) is 17.1 Å². The maximum absolute atomic E-state index is 6.72. The number of hydrogen-bond acceptors (Lipinski definition) is 3. The first kappa shape index (κ1) is 34.8. The monoisotopic (exact) mass is 779 g/mol. The Labute approximate surface area is 352 Å². The minimum atomic E-state index is 0.614. The van der Waals surface area contributed by atoms with Crippen molar-refractivity contribution in [2.75, 3.05) is 4.90 Å². The Morgan fingerprint density at radius 2 is 1.02 bits per heavy atom. The highest BCUT2D eigenvalue weighted by Gasteiger charge is 2.21. The van der Waals surface area contributed by atoms with Gasteiger partial charge in [0.05, 0.1) is 11.0 Å². The average Bonchev–Trinajstić information content (AvgIpc) is 3.93. The Kier molecular flexibility index (Phi) is 8.13. The lowest BCUT2D eigenvalue weighted by Crippen LogP contribution is -2.10. The standard InChI is InChI=1S/C57H37N3O/c1-4-15-38(16-5-1)42-20-14-23-45(35-42)59(46-32-34-54-52(36-46)48-25-12-13-26-53(48)60(54)43-21-8-3-9-22-43)44-30-27-40(28-31-44)50-37-51-47-24-11-10-17-39(47)29-33-49(51)55-56(50)61-57(58-55)41-18-6-2-7-19-41/h1-37H. The summed E-state index contributed by atoms with van der Waals surface area (Å²) in [5.74, 6) is 0.614. The quantitative estimate of drug-likeness (QED) is 0.151. The van der Waals surface area contributed by atoms with Crippen LogP contribution in [-0.4, -0.2) is 9.55 Å². The van der Waals surface area contributed by atoms with Crippen LogP contribution in [0.3, 0.4) is 0 Å². The summed E-state index contributed by atoms with van der Waals surface area (Å²) in [4.78, 5) is 7.52. The number of nitrogens with zero attached hydrogens (tertiary/aromatic N) is 3. The number of fused-ring (bicyclic) bond motifs is 8. The first-order valence-electron chi connectivity index (χ1n) is 20.7. The van der Waals surface area contributed by atoms with E-state index in [1.807, 2.05) is 18.2 Å². The van der Waals surface area contributed by atoms with Crippen molar-refractivity contribution in [1.29, 1.82) is 0 Å². The molecule has 0 unspecified atom stereocenters. The highest BCUT2D eigenvalue weighted by atomic mass is 16.3. The summed E-state index contributed by atoms with van der Waals surface area (Å²) in [6.45, 7) is 0. The molecule has 0 amide bonds. The molecule has 61 heavy (non-hydrogen) atoms. The van der Waals surface area contributed by atoms with Gasteiger partial charge in [0.15, 0.2) is 5.58 Å². The molecule has 0 aliphatic carbocycles. The molecule has 0 spiro atoms. The van der Waals surface area contributed by atoms with E-state index < -0.39 is 0 Å². The third-order valence-corrected chi connectivity index (χ3v) is 12.0. The van der Waals surface area contributed by atoms with Gasteiger partial charge in [0.1, 0.15) is 5.52 Å². The number of benzene rings is 10. The molecule has 10 aromatic carbocycles. The average molecular weight is 780 g/mol. The predicted molar refractivity (Wildman–Crippen MR) is 254 cm³/mol. The van der Waals surface area contributed by atoms with Gasteiger partial charge in [-0.25, -0.2) is 4.98 Å². The first-order valence-corrected chi connectivity index (χ1v) is 20.7. The van der Waals surface area contributed by atoms with Crippen molar-refractivity contribution >= 4 is 71.5 Å². The third-order valence-electron chi connectivity index (χ3n) is 12.0. The third kappa shape index (κ3) is 5.88. The topological polar surface area (TPSA) is 34.2 Å². The van der Waals surface area contributed by atoms with Gasteiger partial charge in [-0.3, -0.25) is 0 Å². The Balaban J connectivity index is 1.05. The molecule has 2 aromatic heterocycles. The van der Waals surface area contributed by atoms with Crippen LogP contribution in [0.1, 0.15) is 0 Å². The van der Waals surface area contributed by atoms with Crippen molar-refractivity contribution in [3.8, 4) is 39.4 Å². The van der Waals surface area contributed by atoms with E-state index in [2.05, 4.69) is 216 Å². The smallest absolute Gasteiger partial charge is 0.227 e. The SMILES string of the molecule is c1ccc(-c2cccc(N(c3ccc(-c4cc5c6ccccc6ccc5c5nc(-c6ccccc6)oc45)cc3)c3ccc4c(c3)c3ccccc3n4-c3ccccc3)c2)cc1. The van der Waals surface area contributed by atoms with Gasteiger partial charge in [-0.1, -0.05) is 146 Å². The Hall–Kier alpha value is -8.21.